The first kappa shape index (κ1) is 43.2. The predicted molar refractivity (Wildman–Crippen MR) is 202 cm³/mol. The van der Waals surface area contributed by atoms with Crippen molar-refractivity contribution in [2.75, 3.05) is 5.75 Å². The highest BCUT2D eigenvalue weighted by molar-refractivity contribution is 7.80. The van der Waals surface area contributed by atoms with Gasteiger partial charge in [0.05, 0.1) is 36.4 Å². The fourth-order valence-electron chi connectivity index (χ4n) is 5.04. The van der Waals surface area contributed by atoms with Crippen LogP contribution >= 0.6 is 12.6 Å². The van der Waals surface area contributed by atoms with Crippen LogP contribution in [0, 0.1) is 64.8 Å². The van der Waals surface area contributed by atoms with Gasteiger partial charge in [0.1, 0.15) is 5.82 Å². The van der Waals surface area contributed by atoms with Crippen LogP contribution in [-0.2, 0) is 36.8 Å². The van der Waals surface area contributed by atoms with E-state index in [0.29, 0.717) is 29.9 Å². The standard InChI is InChI=1S/C39H41N7O7S/c1-6-9-29(38(52)43-25(4)32(48)20-23(2)37(51)40-18-19-54)21-33(49)24(3)42-34(50)11-8-7-10-31(47)28-15-12-27(13-16-28)14-17-30-22-41-36-35(46-30)39(53)45-26(5)44-36/h1-4,7,12-13,15-16,18,22-25,29,54H,8-11,14,17,19-21H2,5H3,(H,40,51)(H,42,50)(H,43,52)(H,41,44,45,53)/t23-,24+,25+,29-/m1/s1. The minimum Gasteiger partial charge on any atom is -0.350 e. The summed E-state index contributed by atoms with van der Waals surface area (Å²) in [5.41, 5.74) is 2.22. The highest BCUT2D eigenvalue weighted by Gasteiger charge is 2.28. The summed E-state index contributed by atoms with van der Waals surface area (Å²) in [6, 6.07) is 4.14. The molecule has 0 aliphatic carbocycles. The number of rotatable bonds is 22. The van der Waals surface area contributed by atoms with E-state index in [1.165, 1.54) is 6.54 Å². The number of benzene rings is 1. The molecule has 2 heterocycles. The van der Waals surface area contributed by atoms with Crippen LogP contribution < -0.4 is 21.5 Å². The van der Waals surface area contributed by atoms with Crippen LogP contribution in [0.2, 0.25) is 0 Å². The van der Waals surface area contributed by atoms with Gasteiger partial charge >= 0.3 is 0 Å². The lowest BCUT2D eigenvalue weighted by atomic mass is 9.94. The zero-order valence-corrected chi connectivity index (χ0v) is 30.6. The third kappa shape index (κ3) is 13.6. The van der Waals surface area contributed by atoms with Gasteiger partial charge in [-0.15, -0.1) is 12.3 Å². The molecular formula is C39H41N7O7S. The number of aromatic nitrogens is 4. The molecule has 4 atom stereocenters. The second-order valence-electron chi connectivity index (χ2n) is 12.3. The SMILES string of the molecule is [CH][C@H](CC(=O)[C@H]([CH])NC(=O)[C@H](CC#C)CC(=O)[C@H]([CH])NC(=O)CC[CH]CC(=O)c1ccc(CCc2cnc3nc(C)[nH]c(=O)c3n2)cc1)C(=O)N[CH]CS. The van der Waals surface area contributed by atoms with Crippen LogP contribution in [0.5, 0.6) is 0 Å². The fourth-order valence-corrected chi connectivity index (χ4v) is 5.13. The Bertz CT molecular complexity index is 1920. The summed E-state index contributed by atoms with van der Waals surface area (Å²) in [7, 11) is 0. The Morgan fingerprint density at radius 3 is 2.31 bits per heavy atom. The molecule has 0 unspecified atom stereocenters. The van der Waals surface area contributed by atoms with Crippen molar-refractivity contribution in [1.29, 1.82) is 0 Å². The quantitative estimate of drug-likeness (QED) is 0.0436. The number of aryl methyl sites for hydroxylation is 3. The van der Waals surface area contributed by atoms with Crippen LogP contribution in [0.25, 0.3) is 11.2 Å². The molecule has 3 rings (SSSR count). The Morgan fingerprint density at radius 1 is 0.944 bits per heavy atom. The lowest BCUT2D eigenvalue weighted by Crippen LogP contribution is -2.45. The fraction of sp³-hybridized carbons (Fsp3) is 0.359. The molecule has 54 heavy (non-hydrogen) atoms. The largest absolute Gasteiger partial charge is 0.350 e. The average Bonchev–Trinajstić information content (AvgIpc) is 3.14. The smallest absolute Gasteiger partial charge is 0.279 e. The van der Waals surface area contributed by atoms with Gasteiger partial charge in [0.2, 0.25) is 17.7 Å². The van der Waals surface area contributed by atoms with Crippen LogP contribution in [-0.4, -0.2) is 72.8 Å². The number of thiol groups is 1. The van der Waals surface area contributed by atoms with Crippen molar-refractivity contribution >= 4 is 58.9 Å². The Morgan fingerprint density at radius 2 is 1.63 bits per heavy atom. The molecule has 3 amide bonds. The number of carbonyl (C=O) groups excluding carboxylic acids is 6. The lowest BCUT2D eigenvalue weighted by molar-refractivity contribution is -0.133. The molecule has 2 aromatic heterocycles. The molecule has 0 saturated heterocycles. The van der Waals surface area contributed by atoms with Gasteiger partial charge in [-0.05, 0) is 58.9 Å². The molecule has 0 bridgehead atoms. The van der Waals surface area contributed by atoms with E-state index in [9.17, 15) is 33.6 Å². The van der Waals surface area contributed by atoms with E-state index >= 15 is 0 Å². The number of Topliss-reactive ketones (excluding diaryl/α,β-unsaturated/α-hetero) is 3. The average molecular weight is 752 g/mol. The van der Waals surface area contributed by atoms with E-state index in [-0.39, 0.29) is 53.9 Å². The van der Waals surface area contributed by atoms with Gasteiger partial charge < -0.3 is 20.9 Å². The molecule has 280 valence electrons. The number of unbranched alkanes of at least 4 members (excludes halogenated alkanes) is 1. The highest BCUT2D eigenvalue weighted by Crippen LogP contribution is 2.15. The van der Waals surface area contributed by atoms with Crippen molar-refractivity contribution < 1.29 is 28.8 Å². The number of fused-ring (bicyclic) bond motifs is 1. The van der Waals surface area contributed by atoms with Gasteiger partial charge in [-0.1, -0.05) is 24.3 Å². The van der Waals surface area contributed by atoms with Crippen molar-refractivity contribution in [3.63, 3.8) is 0 Å². The number of hydrogen-bond donors (Lipinski definition) is 5. The normalized spacial score (nSPS) is 13.2. The molecule has 4 N–H and O–H groups in total. The predicted octanol–water partition coefficient (Wildman–Crippen LogP) is 1.85. The number of nitrogens with zero attached hydrogens (tertiary/aromatic N) is 3. The summed E-state index contributed by atoms with van der Waals surface area (Å²) in [5.74, 6) is -2.85. The summed E-state index contributed by atoms with van der Waals surface area (Å²) in [5, 5.41) is 7.01. The number of carbonyl (C=O) groups is 6. The highest BCUT2D eigenvalue weighted by atomic mass is 32.1. The van der Waals surface area contributed by atoms with E-state index in [4.69, 9.17) is 27.2 Å². The van der Waals surface area contributed by atoms with Crippen molar-refractivity contribution in [3.8, 4) is 12.3 Å². The molecule has 14 nitrogen and oxygen atoms in total. The van der Waals surface area contributed by atoms with Crippen LogP contribution in [0.4, 0.5) is 0 Å². The first-order chi connectivity index (χ1) is 25.7. The minimum absolute atomic E-state index is 0.0511. The minimum atomic E-state index is -1.52. The Balaban J connectivity index is 1.38. The number of nitrogens with one attached hydrogen (secondary N) is 4. The van der Waals surface area contributed by atoms with Crippen molar-refractivity contribution in [1.82, 2.24) is 35.9 Å². The summed E-state index contributed by atoms with van der Waals surface area (Å²) in [4.78, 5) is 103. The summed E-state index contributed by atoms with van der Waals surface area (Å²) in [6.07, 6.45) is 8.90. The lowest BCUT2D eigenvalue weighted by Gasteiger charge is -2.20. The van der Waals surface area contributed by atoms with E-state index in [1.807, 2.05) is 12.1 Å². The van der Waals surface area contributed by atoms with Gasteiger partial charge in [0.25, 0.3) is 5.56 Å². The Kier molecular flexibility index (Phi) is 17.2. The molecule has 3 aromatic rings. The van der Waals surface area contributed by atoms with Crippen LogP contribution in [0.1, 0.15) is 66.0 Å². The summed E-state index contributed by atoms with van der Waals surface area (Å²) in [6.45, 7) is 20.4. The van der Waals surface area contributed by atoms with E-state index < -0.39 is 66.0 Å². The molecule has 8 radical (unpaired) electrons. The van der Waals surface area contributed by atoms with Crippen molar-refractivity contribution in [2.24, 2.45) is 11.8 Å². The molecule has 0 aliphatic heterocycles. The van der Waals surface area contributed by atoms with Crippen LogP contribution in [0.3, 0.4) is 0 Å². The van der Waals surface area contributed by atoms with E-state index in [0.717, 1.165) is 5.56 Å². The Hall–Kier alpha value is -5.23. The third-order valence-electron chi connectivity index (χ3n) is 8.02. The van der Waals surface area contributed by atoms with Gasteiger partial charge in [-0.3, -0.25) is 33.6 Å². The zero-order chi connectivity index (χ0) is 39.8. The first-order valence-corrected chi connectivity index (χ1v) is 17.6. The first-order valence-electron chi connectivity index (χ1n) is 17.0. The van der Waals surface area contributed by atoms with Gasteiger partial charge in [0.15, 0.2) is 28.5 Å². The molecule has 0 saturated carbocycles. The molecule has 0 fully saturated rings. The van der Waals surface area contributed by atoms with Gasteiger partial charge in [-0.2, -0.15) is 12.6 Å². The molecule has 1 aromatic carbocycles. The number of aromatic amines is 1. The summed E-state index contributed by atoms with van der Waals surface area (Å²) < 4.78 is 0. The summed E-state index contributed by atoms with van der Waals surface area (Å²) >= 11 is 3.92. The monoisotopic (exact) mass is 751 g/mol. The van der Waals surface area contributed by atoms with E-state index in [2.05, 4.69) is 54.4 Å². The second-order valence-corrected chi connectivity index (χ2v) is 12.7. The molecular weight excluding hydrogens is 711 g/mol. The molecule has 0 spiro atoms. The molecule has 15 heteroatoms. The van der Waals surface area contributed by atoms with Crippen molar-refractivity contribution in [2.45, 2.75) is 70.4 Å². The zero-order valence-electron chi connectivity index (χ0n) is 29.7. The maximum absolute atomic E-state index is 12.8. The maximum Gasteiger partial charge on any atom is 0.279 e. The molecule has 0 aliphatic rings. The van der Waals surface area contributed by atoms with Crippen LogP contribution in [0.15, 0.2) is 35.3 Å². The number of ketones is 3. The van der Waals surface area contributed by atoms with E-state index in [1.54, 1.807) is 31.7 Å². The Labute approximate surface area is 320 Å². The number of terminal acetylenes is 1. The number of amides is 3. The maximum atomic E-state index is 12.8. The van der Waals surface area contributed by atoms with Crippen molar-refractivity contribution in [3.05, 3.63) is 97.2 Å². The van der Waals surface area contributed by atoms with Gasteiger partial charge in [0, 0.05) is 49.3 Å². The number of H-pyrrole nitrogens is 1. The topological polar surface area (TPSA) is 210 Å². The number of hydrogen-bond acceptors (Lipinski definition) is 11. The second kappa shape index (κ2) is 21.5. The third-order valence-corrected chi connectivity index (χ3v) is 8.20. The van der Waals surface area contributed by atoms with Gasteiger partial charge in [-0.25, -0.2) is 15.0 Å².